The van der Waals surface area contributed by atoms with Crippen LogP contribution in [0.25, 0.3) is 0 Å². The molecule has 0 spiro atoms. The van der Waals surface area contributed by atoms with Gasteiger partial charge in [-0.1, -0.05) is 0 Å². The van der Waals surface area contributed by atoms with E-state index >= 15 is 0 Å². The van der Waals surface area contributed by atoms with Gasteiger partial charge in [-0.25, -0.2) is 0 Å². The lowest BCUT2D eigenvalue weighted by Crippen LogP contribution is -2.64. The average molecular weight is 266 g/mol. The molecule has 98 valence electrons. The molecule has 17 heavy (non-hydrogen) atoms. The number of carbonyl (C=O) groups excluding carboxylic acids is 1. The maximum Gasteiger partial charge on any atom is 0.258 e. The summed E-state index contributed by atoms with van der Waals surface area (Å²) < 4.78 is 9.63. The van der Waals surface area contributed by atoms with Crippen LogP contribution in [0.3, 0.4) is 0 Å². The van der Waals surface area contributed by atoms with E-state index in [0.717, 1.165) is 0 Å². The van der Waals surface area contributed by atoms with E-state index in [4.69, 9.17) is 10.5 Å². The Morgan fingerprint density at radius 2 is 1.94 bits per heavy atom. The SMILES string of the molecule is COC(=S)N[C@@H]1O[C@H](C(N)=O)[C@@H](O)[C@H](O)[C@H]1O. The molecule has 8 nitrogen and oxygen atoms in total. The van der Waals surface area contributed by atoms with Crippen molar-refractivity contribution in [3.8, 4) is 0 Å². The van der Waals surface area contributed by atoms with Gasteiger partial charge in [0.2, 0.25) is 5.91 Å². The largest absolute Gasteiger partial charge is 0.474 e. The first-order valence-electron chi connectivity index (χ1n) is 4.72. The highest BCUT2D eigenvalue weighted by molar-refractivity contribution is 7.80. The number of thiocarbonyl (C=S) groups is 1. The van der Waals surface area contributed by atoms with E-state index in [0.29, 0.717) is 0 Å². The summed E-state index contributed by atoms with van der Waals surface area (Å²) in [5.41, 5.74) is 4.98. The number of aliphatic hydroxyl groups is 3. The van der Waals surface area contributed by atoms with Gasteiger partial charge in [0, 0.05) is 0 Å². The number of aliphatic hydroxyl groups excluding tert-OH is 3. The van der Waals surface area contributed by atoms with E-state index in [1.54, 1.807) is 0 Å². The second-order valence-electron chi connectivity index (χ2n) is 3.49. The Bertz CT molecular complexity index is 314. The number of hydrogen-bond donors (Lipinski definition) is 5. The number of amides is 1. The topological polar surface area (TPSA) is 134 Å². The van der Waals surface area contributed by atoms with Gasteiger partial charge in [-0.05, 0) is 12.2 Å². The smallest absolute Gasteiger partial charge is 0.258 e. The summed E-state index contributed by atoms with van der Waals surface area (Å²) in [4.78, 5) is 11.0. The van der Waals surface area contributed by atoms with Crippen molar-refractivity contribution in [3.63, 3.8) is 0 Å². The molecule has 5 atom stereocenters. The molecule has 0 bridgehead atoms. The Morgan fingerprint density at radius 1 is 1.35 bits per heavy atom. The predicted molar refractivity (Wildman–Crippen MR) is 58.6 cm³/mol. The second-order valence-corrected chi connectivity index (χ2v) is 3.86. The van der Waals surface area contributed by atoms with Crippen LogP contribution >= 0.6 is 12.2 Å². The molecule has 0 aromatic heterocycles. The highest BCUT2D eigenvalue weighted by atomic mass is 32.1. The van der Waals surface area contributed by atoms with Crippen LogP contribution in [0.1, 0.15) is 0 Å². The van der Waals surface area contributed by atoms with Gasteiger partial charge in [-0.3, -0.25) is 4.79 Å². The lowest BCUT2D eigenvalue weighted by atomic mass is 9.98. The molecule has 1 aliphatic rings. The molecule has 0 saturated carbocycles. The van der Waals surface area contributed by atoms with Gasteiger partial charge in [0.1, 0.15) is 18.3 Å². The molecular formula is C8H14N2O6S. The first-order valence-corrected chi connectivity index (χ1v) is 5.12. The fourth-order valence-electron chi connectivity index (χ4n) is 1.41. The first kappa shape index (κ1) is 14.1. The summed E-state index contributed by atoms with van der Waals surface area (Å²) >= 11 is 4.68. The molecule has 9 heteroatoms. The number of primary amides is 1. The summed E-state index contributed by atoms with van der Waals surface area (Å²) in [5, 5.41) is 30.9. The van der Waals surface area contributed by atoms with Gasteiger partial charge in [-0.15, -0.1) is 0 Å². The molecule has 1 rings (SSSR count). The number of ether oxygens (including phenoxy) is 2. The predicted octanol–water partition coefficient (Wildman–Crippen LogP) is -3.20. The molecule has 1 fully saturated rings. The van der Waals surface area contributed by atoms with Crippen LogP contribution in [0, 0.1) is 0 Å². The molecule has 1 heterocycles. The second kappa shape index (κ2) is 5.56. The molecule has 6 N–H and O–H groups in total. The average Bonchev–Trinajstić information content (AvgIpc) is 2.29. The number of nitrogens with two attached hydrogens (primary N) is 1. The summed E-state index contributed by atoms with van der Waals surface area (Å²) in [5.74, 6) is -0.960. The monoisotopic (exact) mass is 266 g/mol. The minimum absolute atomic E-state index is 0.0964. The Morgan fingerprint density at radius 3 is 2.41 bits per heavy atom. The van der Waals surface area contributed by atoms with Crippen LogP contribution in [-0.4, -0.2) is 64.2 Å². The highest BCUT2D eigenvalue weighted by Crippen LogP contribution is 2.19. The molecule has 0 aromatic rings. The minimum atomic E-state index is -1.60. The minimum Gasteiger partial charge on any atom is -0.474 e. The van der Waals surface area contributed by atoms with Crippen molar-refractivity contribution >= 4 is 23.3 Å². The molecule has 0 aromatic carbocycles. The van der Waals surface area contributed by atoms with Crippen molar-refractivity contribution in [2.45, 2.75) is 30.6 Å². The maximum absolute atomic E-state index is 11.0. The summed E-state index contributed by atoms with van der Waals surface area (Å²) in [6, 6.07) is 0. The Hall–Kier alpha value is -1.00. The van der Waals surface area contributed by atoms with E-state index in [-0.39, 0.29) is 5.17 Å². The standard InChI is InChI=1S/C8H14N2O6S/c1-15-8(17)10-7-4(13)2(11)3(12)5(16-7)6(9)14/h2-5,7,11-13H,1H3,(H2,9,14)(H,10,17)/t2-,3-,4+,5-,7+/m0/s1. The Kier molecular flexibility index (Phi) is 4.60. The number of methoxy groups -OCH3 is 1. The summed E-state index contributed by atoms with van der Waals surface area (Å²) in [6.07, 6.45) is -7.30. The van der Waals surface area contributed by atoms with Crippen molar-refractivity contribution < 1.29 is 29.6 Å². The first-order chi connectivity index (χ1) is 7.88. The molecule has 0 aliphatic carbocycles. The van der Waals surface area contributed by atoms with Crippen LogP contribution < -0.4 is 11.1 Å². The zero-order valence-electron chi connectivity index (χ0n) is 8.94. The van der Waals surface area contributed by atoms with E-state index < -0.39 is 36.6 Å². The van der Waals surface area contributed by atoms with Crippen LogP contribution in [-0.2, 0) is 14.3 Å². The Balaban J connectivity index is 2.78. The van der Waals surface area contributed by atoms with Crippen molar-refractivity contribution in [2.75, 3.05) is 7.11 Å². The lowest BCUT2D eigenvalue weighted by molar-refractivity contribution is -0.223. The van der Waals surface area contributed by atoms with Crippen LogP contribution in [0.4, 0.5) is 0 Å². The summed E-state index contributed by atoms with van der Waals surface area (Å²) in [7, 11) is 1.29. The highest BCUT2D eigenvalue weighted by Gasteiger charge is 2.46. The number of carbonyl (C=O) groups is 1. The van der Waals surface area contributed by atoms with Gasteiger partial charge in [0.05, 0.1) is 7.11 Å². The fourth-order valence-corrected chi connectivity index (χ4v) is 1.53. The van der Waals surface area contributed by atoms with Crippen molar-refractivity contribution in [1.82, 2.24) is 5.32 Å². The quantitative estimate of drug-likeness (QED) is 0.330. The molecule has 1 saturated heterocycles. The van der Waals surface area contributed by atoms with Gasteiger partial charge >= 0.3 is 0 Å². The van der Waals surface area contributed by atoms with E-state index in [1.165, 1.54) is 7.11 Å². The fraction of sp³-hybridized carbons (Fsp3) is 0.750. The molecule has 0 unspecified atom stereocenters. The number of rotatable bonds is 2. The van der Waals surface area contributed by atoms with Crippen LogP contribution in [0.15, 0.2) is 0 Å². The molecule has 1 aliphatic heterocycles. The van der Waals surface area contributed by atoms with E-state index in [1.807, 2.05) is 0 Å². The van der Waals surface area contributed by atoms with Crippen molar-refractivity contribution in [1.29, 1.82) is 0 Å². The normalized spacial score (nSPS) is 37.3. The third-order valence-corrected chi connectivity index (χ3v) is 2.62. The van der Waals surface area contributed by atoms with Crippen LogP contribution in [0.2, 0.25) is 0 Å². The van der Waals surface area contributed by atoms with Gasteiger partial charge in [0.15, 0.2) is 12.3 Å². The zero-order chi connectivity index (χ0) is 13.2. The van der Waals surface area contributed by atoms with E-state index in [2.05, 4.69) is 22.3 Å². The zero-order valence-corrected chi connectivity index (χ0v) is 9.76. The third-order valence-electron chi connectivity index (χ3n) is 2.34. The van der Waals surface area contributed by atoms with Crippen molar-refractivity contribution in [3.05, 3.63) is 0 Å². The van der Waals surface area contributed by atoms with Crippen molar-refractivity contribution in [2.24, 2.45) is 5.73 Å². The van der Waals surface area contributed by atoms with Gasteiger partial charge in [-0.2, -0.15) is 0 Å². The van der Waals surface area contributed by atoms with Gasteiger partial charge in [0.25, 0.3) is 5.17 Å². The van der Waals surface area contributed by atoms with Crippen LogP contribution in [0.5, 0.6) is 0 Å². The maximum atomic E-state index is 11.0. The van der Waals surface area contributed by atoms with E-state index in [9.17, 15) is 20.1 Å². The van der Waals surface area contributed by atoms with Gasteiger partial charge < -0.3 is 35.8 Å². The third kappa shape index (κ3) is 3.01. The molecular weight excluding hydrogens is 252 g/mol. The summed E-state index contributed by atoms with van der Waals surface area (Å²) in [6.45, 7) is 0. The molecule has 1 amide bonds. The number of nitrogens with one attached hydrogen (secondary N) is 1. The molecule has 0 radical (unpaired) electrons. The Labute approximate surface area is 102 Å². The number of hydrogen-bond acceptors (Lipinski definition) is 7. The lowest BCUT2D eigenvalue weighted by Gasteiger charge is -2.39.